The summed E-state index contributed by atoms with van der Waals surface area (Å²) in [5, 5.41) is 5.94. The first kappa shape index (κ1) is 40.2. The summed E-state index contributed by atoms with van der Waals surface area (Å²) >= 11 is 0. The summed E-state index contributed by atoms with van der Waals surface area (Å²) in [6.07, 6.45) is 17.7. The number of halogens is 3. The van der Waals surface area contributed by atoms with Gasteiger partial charge < -0.3 is 4.55 Å². The third kappa shape index (κ3) is 14.9. The smallest absolute Gasteiger partial charge is 0.485 e. The van der Waals surface area contributed by atoms with E-state index >= 15 is 0 Å². The van der Waals surface area contributed by atoms with Crippen LogP contribution in [0.4, 0.5) is 13.2 Å². The molecule has 4 aromatic rings. The maximum Gasteiger partial charge on any atom is 0.485 e. The topological polar surface area (TPSA) is 57.2 Å². The van der Waals surface area contributed by atoms with Gasteiger partial charge in [0.1, 0.15) is 0 Å². The van der Waals surface area contributed by atoms with Crippen LogP contribution in [0.25, 0.3) is 0 Å². The molecule has 0 heterocycles. The van der Waals surface area contributed by atoms with Gasteiger partial charge in [-0.1, -0.05) is 121 Å². The van der Waals surface area contributed by atoms with Crippen molar-refractivity contribution in [1.29, 1.82) is 0 Å². The number of alkyl halides is 3. The summed E-state index contributed by atoms with van der Waals surface area (Å²) in [5.41, 5.74) is -5.65. The zero-order valence-electron chi connectivity index (χ0n) is 25.3. The molecule has 0 atom stereocenters. The largest absolute Gasteiger partial charge is 0.741 e. The zero-order chi connectivity index (χ0) is 32.4. The van der Waals surface area contributed by atoms with Crippen molar-refractivity contribution in [3.05, 3.63) is 147 Å². The standard InChI is InChI=1S/C27H26P2.C8H12.CHF3O3S.Rh/c1-5-14-24(15-6-1)28(25-16-7-2-8-17-25)22-13-23-29(26-18-9-3-10-19-26)27-20-11-4-12-21-27;1-2-4-6-8-7-5-3-1;2-1(3,4)8(5,6)7;/h1-12,14-21H,13,22-23H2;1-2,7-8H,3-6H2;(H,5,6,7);/p-1. The van der Waals surface area contributed by atoms with Crippen molar-refractivity contribution in [2.45, 2.75) is 37.6 Å². The van der Waals surface area contributed by atoms with Crippen molar-refractivity contribution in [1.82, 2.24) is 0 Å². The molecule has 5 radical (unpaired) electrons. The SMILES string of the molecule is O=S(=O)([O-])C(F)(F)F.[CH]1[CH]CC[CH][CH]CC1.[Rh].c1ccc(P(CCCP(c2ccccc2)c2ccccc2)c2ccccc2)cc1. The first-order valence-corrected chi connectivity index (χ1v) is 19.2. The fourth-order valence-electron chi connectivity index (χ4n) is 4.49. The average Bonchev–Trinajstić information content (AvgIpc) is 3.02. The second-order valence-corrected chi connectivity index (χ2v) is 16.0. The van der Waals surface area contributed by atoms with E-state index in [0.717, 1.165) is 0 Å². The molecule has 0 aliphatic heterocycles. The van der Waals surface area contributed by atoms with Gasteiger partial charge in [-0.25, -0.2) is 8.42 Å². The van der Waals surface area contributed by atoms with Crippen molar-refractivity contribution in [3.8, 4) is 0 Å². The summed E-state index contributed by atoms with van der Waals surface area (Å²) in [6.45, 7) is 0. The van der Waals surface area contributed by atoms with Crippen LogP contribution in [0.15, 0.2) is 121 Å². The van der Waals surface area contributed by atoms with E-state index in [-0.39, 0.29) is 35.3 Å². The van der Waals surface area contributed by atoms with Crippen molar-refractivity contribution in [3.63, 3.8) is 0 Å². The zero-order valence-corrected chi connectivity index (χ0v) is 29.5. The van der Waals surface area contributed by atoms with E-state index in [0.29, 0.717) is 0 Å². The maximum atomic E-state index is 10.7. The van der Waals surface area contributed by atoms with E-state index in [2.05, 4.69) is 147 Å². The van der Waals surface area contributed by atoms with Gasteiger partial charge in [0, 0.05) is 19.5 Å². The van der Waals surface area contributed by atoms with Crippen LogP contribution in [0.3, 0.4) is 0 Å². The summed E-state index contributed by atoms with van der Waals surface area (Å²) in [5.74, 6) is 0. The van der Waals surface area contributed by atoms with Crippen LogP contribution in [0.2, 0.25) is 0 Å². The van der Waals surface area contributed by atoms with Crippen LogP contribution >= 0.6 is 15.8 Å². The Morgan fingerprint density at radius 3 is 0.935 bits per heavy atom. The Kier molecular flexibility index (Phi) is 19.1. The van der Waals surface area contributed by atoms with Gasteiger partial charge in [0.2, 0.25) is 0 Å². The minimum absolute atomic E-state index is 0. The molecular weight excluding hydrogens is 734 g/mol. The van der Waals surface area contributed by atoms with E-state index in [4.69, 9.17) is 13.0 Å². The molecule has 0 amide bonds. The van der Waals surface area contributed by atoms with Crippen molar-refractivity contribution < 1.29 is 45.6 Å². The Balaban J connectivity index is 0.000000357. The second-order valence-electron chi connectivity index (χ2n) is 10.00. The third-order valence-electron chi connectivity index (χ3n) is 6.65. The van der Waals surface area contributed by atoms with Crippen LogP contribution in [0, 0.1) is 25.7 Å². The van der Waals surface area contributed by atoms with Crippen LogP contribution in [-0.2, 0) is 29.6 Å². The molecule has 0 saturated heterocycles. The molecule has 3 nitrogen and oxygen atoms in total. The molecule has 1 fully saturated rings. The predicted octanol–water partition coefficient (Wildman–Crippen LogP) is 8.07. The minimum atomic E-state index is -6.09. The Labute approximate surface area is 288 Å². The Morgan fingerprint density at radius 2 is 0.739 bits per heavy atom. The molecule has 1 aliphatic rings. The van der Waals surface area contributed by atoms with E-state index < -0.39 is 15.6 Å². The minimum Gasteiger partial charge on any atom is -0.741 e. The average molecular weight is 773 g/mol. The molecular formula is C36H38F3O3P2RhS-. The van der Waals surface area contributed by atoms with Gasteiger partial charge in [-0.3, -0.25) is 0 Å². The summed E-state index contributed by atoms with van der Waals surface area (Å²) in [4.78, 5) is 0. The maximum absolute atomic E-state index is 10.7. The second kappa shape index (κ2) is 21.8. The molecule has 0 N–H and O–H groups in total. The summed E-state index contributed by atoms with van der Waals surface area (Å²) in [7, 11) is -6.71. The Hall–Kier alpha value is -1.94. The quantitative estimate of drug-likeness (QED) is 0.0789. The van der Waals surface area contributed by atoms with Crippen LogP contribution in [0.1, 0.15) is 32.1 Å². The molecule has 0 unspecified atom stereocenters. The molecule has 5 rings (SSSR count). The monoisotopic (exact) mass is 772 g/mol. The summed E-state index contributed by atoms with van der Waals surface area (Å²) in [6, 6.07) is 44.3. The number of hydrogen-bond acceptors (Lipinski definition) is 3. The van der Waals surface area contributed by atoms with Crippen molar-refractivity contribution in [2.24, 2.45) is 0 Å². The molecule has 0 bridgehead atoms. The molecule has 1 saturated carbocycles. The van der Waals surface area contributed by atoms with E-state index in [1.54, 1.807) is 0 Å². The van der Waals surface area contributed by atoms with Gasteiger partial charge in [0.05, 0.1) is 0 Å². The van der Waals surface area contributed by atoms with Crippen LogP contribution < -0.4 is 21.2 Å². The molecule has 0 aromatic heterocycles. The summed E-state index contributed by atoms with van der Waals surface area (Å²) < 4.78 is 58.9. The molecule has 4 aromatic carbocycles. The van der Waals surface area contributed by atoms with Gasteiger partial charge >= 0.3 is 5.51 Å². The van der Waals surface area contributed by atoms with Crippen LogP contribution in [0.5, 0.6) is 0 Å². The van der Waals surface area contributed by atoms with Gasteiger partial charge in [-0.15, -0.1) is 0 Å². The molecule has 46 heavy (non-hydrogen) atoms. The Bertz CT molecular complexity index is 1260. The molecule has 0 spiro atoms. The fourth-order valence-corrected chi connectivity index (χ4v) is 9.44. The van der Waals surface area contributed by atoms with Gasteiger partial charge in [-0.05, 0) is 107 Å². The fraction of sp³-hybridized carbons (Fsp3) is 0.222. The number of rotatable bonds is 8. The predicted molar refractivity (Wildman–Crippen MR) is 184 cm³/mol. The third-order valence-corrected chi connectivity index (χ3v) is 12.4. The first-order valence-electron chi connectivity index (χ1n) is 14.7. The van der Waals surface area contributed by atoms with E-state index in [1.807, 2.05) is 0 Å². The van der Waals surface area contributed by atoms with Gasteiger partial charge in [0.15, 0.2) is 10.1 Å². The molecule has 247 valence electrons. The van der Waals surface area contributed by atoms with E-state index in [1.165, 1.54) is 65.6 Å². The number of hydrogen-bond donors (Lipinski definition) is 0. The number of benzene rings is 4. The van der Waals surface area contributed by atoms with E-state index in [9.17, 15) is 13.2 Å². The van der Waals surface area contributed by atoms with Gasteiger partial charge in [-0.2, -0.15) is 13.2 Å². The van der Waals surface area contributed by atoms with Crippen molar-refractivity contribution in [2.75, 3.05) is 12.3 Å². The molecule has 1 aliphatic carbocycles. The normalized spacial score (nSPS) is 13.6. The van der Waals surface area contributed by atoms with Gasteiger partial charge in [0.25, 0.3) is 0 Å². The molecule has 10 heteroatoms. The van der Waals surface area contributed by atoms with Crippen LogP contribution in [-0.4, -0.2) is 30.8 Å². The Morgan fingerprint density at radius 1 is 0.522 bits per heavy atom. The first-order chi connectivity index (χ1) is 21.7. The van der Waals surface area contributed by atoms with Crippen molar-refractivity contribution >= 4 is 47.2 Å².